The molecule has 0 aliphatic carbocycles. The highest BCUT2D eigenvalue weighted by Gasteiger charge is 2.44. The van der Waals surface area contributed by atoms with Gasteiger partial charge in [-0.2, -0.15) is 0 Å². The number of likely N-dealkylation sites (tertiary alicyclic amines) is 1. The minimum absolute atomic E-state index is 0.0313. The van der Waals surface area contributed by atoms with Crippen LogP contribution in [0.4, 0.5) is 4.79 Å². The van der Waals surface area contributed by atoms with Crippen molar-refractivity contribution in [2.45, 2.75) is 124 Å². The Bertz CT molecular complexity index is 1660. The molecule has 3 aromatic rings. The molecule has 12 heteroatoms. The molecule has 1 saturated heterocycles. The van der Waals surface area contributed by atoms with Gasteiger partial charge in [-0.1, -0.05) is 75.7 Å². The molecular formula is C40H55N5O6S. The number of aliphatic hydroxyl groups excluding tert-OH is 1. The average molecular weight is 734 g/mol. The van der Waals surface area contributed by atoms with Gasteiger partial charge in [-0.25, -0.2) is 9.78 Å². The van der Waals surface area contributed by atoms with Crippen molar-refractivity contribution in [3.05, 3.63) is 76.4 Å². The van der Waals surface area contributed by atoms with Crippen molar-refractivity contribution in [1.29, 1.82) is 0 Å². The van der Waals surface area contributed by atoms with Crippen LogP contribution in [0.1, 0.15) is 96.0 Å². The smallest absolute Gasteiger partial charge is 0.407 e. The van der Waals surface area contributed by atoms with Crippen LogP contribution in [0.3, 0.4) is 0 Å². The summed E-state index contributed by atoms with van der Waals surface area (Å²) in [7, 11) is 0. The van der Waals surface area contributed by atoms with E-state index in [4.69, 9.17) is 4.74 Å². The van der Waals surface area contributed by atoms with Crippen LogP contribution in [-0.4, -0.2) is 69.1 Å². The number of amides is 4. The van der Waals surface area contributed by atoms with E-state index < -0.39 is 35.3 Å². The molecule has 4 N–H and O–H groups in total. The number of alkyl carbamates (subject to hydrolysis) is 1. The molecule has 1 fully saturated rings. The van der Waals surface area contributed by atoms with Crippen LogP contribution in [0.15, 0.2) is 54.0 Å². The molecule has 1 aliphatic rings. The highest BCUT2D eigenvalue weighted by Crippen LogP contribution is 2.28. The highest BCUT2D eigenvalue weighted by atomic mass is 32.1. The molecule has 1 aromatic heterocycles. The van der Waals surface area contributed by atoms with Gasteiger partial charge in [0.2, 0.25) is 17.7 Å². The number of aromatic nitrogens is 1. The summed E-state index contributed by atoms with van der Waals surface area (Å²) in [5.41, 5.74) is 5.77. The molecule has 0 radical (unpaired) electrons. The zero-order chi connectivity index (χ0) is 38.1. The van der Waals surface area contributed by atoms with Crippen molar-refractivity contribution in [3.63, 3.8) is 0 Å². The Morgan fingerprint density at radius 2 is 1.52 bits per heavy atom. The Morgan fingerprint density at radius 3 is 2.12 bits per heavy atom. The summed E-state index contributed by atoms with van der Waals surface area (Å²) in [6.45, 7) is 13.8. The topological polar surface area (TPSA) is 150 Å². The van der Waals surface area contributed by atoms with E-state index >= 15 is 0 Å². The van der Waals surface area contributed by atoms with Crippen LogP contribution in [-0.2, 0) is 38.6 Å². The van der Waals surface area contributed by atoms with Crippen LogP contribution < -0.4 is 16.0 Å². The number of nitrogens with zero attached hydrogens (tertiary/aromatic N) is 2. The summed E-state index contributed by atoms with van der Waals surface area (Å²) in [5.74, 6) is -0.919. The van der Waals surface area contributed by atoms with Gasteiger partial charge in [0.05, 0.1) is 22.2 Å². The fraction of sp³-hybridized carbons (Fsp3) is 0.525. The highest BCUT2D eigenvalue weighted by molar-refractivity contribution is 7.13. The van der Waals surface area contributed by atoms with E-state index in [1.54, 1.807) is 11.3 Å². The molecule has 3 atom stereocenters. The third kappa shape index (κ3) is 12.2. The standard InChI is InChI=1S/C40H55N5O6S/c1-26-34(52-25-43-26)30-19-17-29(18-20-30)22-41-36(48)32-21-31(46)24-45(32)37(49)35(39(2,3)4)44-33(47)12-10-8-9-11-27-13-15-28(16-14-27)23-42-38(50)51-40(5,6)7/h13-20,25,31-32,35,46H,8-12,21-24H2,1-7H3,(H,41,48)(H,42,50)(H,44,47)/t31-,32+,35-/m1/s1. The van der Waals surface area contributed by atoms with Crippen molar-refractivity contribution in [1.82, 2.24) is 25.8 Å². The van der Waals surface area contributed by atoms with Gasteiger partial charge in [-0.3, -0.25) is 14.4 Å². The Hall–Kier alpha value is -4.29. The molecule has 0 unspecified atom stereocenters. The molecule has 11 nitrogen and oxygen atoms in total. The SMILES string of the molecule is Cc1ncsc1-c1ccc(CNC(=O)[C@@H]2C[C@@H](O)CN2C(=O)[C@@H](NC(=O)CCCCCc2ccc(CNC(=O)OC(C)(C)C)cc2)C(C)(C)C)cc1. The summed E-state index contributed by atoms with van der Waals surface area (Å²) in [5, 5.41) is 19.2. The summed E-state index contributed by atoms with van der Waals surface area (Å²) < 4.78 is 5.28. The number of thiazole rings is 1. The molecule has 2 aromatic carbocycles. The van der Waals surface area contributed by atoms with Gasteiger partial charge in [0.25, 0.3) is 0 Å². The number of hydrogen-bond acceptors (Lipinski definition) is 8. The van der Waals surface area contributed by atoms with Crippen molar-refractivity contribution in [2.24, 2.45) is 5.41 Å². The Morgan fingerprint density at radius 1 is 0.904 bits per heavy atom. The normalized spacial score (nSPS) is 16.7. The van der Waals surface area contributed by atoms with Crippen LogP contribution >= 0.6 is 11.3 Å². The lowest BCUT2D eigenvalue weighted by Gasteiger charge is -2.35. The quantitative estimate of drug-likeness (QED) is 0.147. The number of carbonyl (C=O) groups is 4. The third-order valence-electron chi connectivity index (χ3n) is 8.94. The van der Waals surface area contributed by atoms with E-state index in [1.165, 1.54) is 10.5 Å². The maximum atomic E-state index is 13.9. The molecule has 4 rings (SSSR count). The number of nitrogens with one attached hydrogen (secondary N) is 3. The Kier molecular flexibility index (Phi) is 14.0. The lowest BCUT2D eigenvalue weighted by Crippen LogP contribution is -2.57. The molecule has 1 aliphatic heterocycles. The monoisotopic (exact) mass is 733 g/mol. The van der Waals surface area contributed by atoms with Crippen LogP contribution in [0.2, 0.25) is 0 Å². The van der Waals surface area contributed by atoms with E-state index in [1.807, 2.05) is 103 Å². The first kappa shape index (κ1) is 40.5. The number of hydrogen-bond donors (Lipinski definition) is 4. The zero-order valence-corrected chi connectivity index (χ0v) is 32.4. The predicted octanol–water partition coefficient (Wildman–Crippen LogP) is 6.06. The fourth-order valence-electron chi connectivity index (χ4n) is 6.12. The second-order valence-corrected chi connectivity index (χ2v) is 16.5. The van der Waals surface area contributed by atoms with Gasteiger partial charge in [0.15, 0.2) is 0 Å². The van der Waals surface area contributed by atoms with Gasteiger partial charge in [-0.15, -0.1) is 11.3 Å². The van der Waals surface area contributed by atoms with Crippen LogP contribution in [0.25, 0.3) is 10.4 Å². The fourth-order valence-corrected chi connectivity index (χ4v) is 6.93. The van der Waals surface area contributed by atoms with E-state index in [2.05, 4.69) is 20.9 Å². The van der Waals surface area contributed by atoms with Crippen molar-refractivity contribution >= 4 is 35.2 Å². The molecule has 52 heavy (non-hydrogen) atoms. The maximum absolute atomic E-state index is 13.9. The number of carbonyl (C=O) groups excluding carboxylic acids is 4. The van der Waals surface area contributed by atoms with Gasteiger partial charge in [0, 0.05) is 32.5 Å². The first-order valence-electron chi connectivity index (χ1n) is 18.1. The number of β-amino-alcohol motifs (C(OH)–C–C–N with tert-alkyl or cyclic N) is 1. The predicted molar refractivity (Wildman–Crippen MR) is 203 cm³/mol. The number of aliphatic hydroxyl groups is 1. The van der Waals surface area contributed by atoms with Crippen molar-refractivity contribution in [3.8, 4) is 10.4 Å². The maximum Gasteiger partial charge on any atom is 0.407 e. The minimum Gasteiger partial charge on any atom is -0.444 e. The molecule has 2 heterocycles. The van der Waals surface area contributed by atoms with E-state index in [-0.39, 0.29) is 43.7 Å². The lowest BCUT2D eigenvalue weighted by molar-refractivity contribution is -0.144. The summed E-state index contributed by atoms with van der Waals surface area (Å²) in [6, 6.07) is 14.3. The van der Waals surface area contributed by atoms with Crippen molar-refractivity contribution in [2.75, 3.05) is 6.54 Å². The number of aryl methyl sites for hydroxylation is 2. The number of unbranched alkanes of at least 4 members (excludes halogenated alkanes) is 2. The van der Waals surface area contributed by atoms with Crippen molar-refractivity contribution < 1.29 is 29.0 Å². The molecule has 0 saturated carbocycles. The number of benzene rings is 2. The van der Waals surface area contributed by atoms with Gasteiger partial charge >= 0.3 is 6.09 Å². The second kappa shape index (κ2) is 18.0. The summed E-state index contributed by atoms with van der Waals surface area (Å²) in [6.07, 6.45) is 2.43. The van der Waals surface area contributed by atoms with Crippen LogP contribution in [0.5, 0.6) is 0 Å². The van der Waals surface area contributed by atoms with Gasteiger partial charge in [-0.05, 0) is 74.6 Å². The lowest BCUT2D eigenvalue weighted by atomic mass is 9.85. The number of ether oxygens (including phenoxy) is 1. The first-order chi connectivity index (χ1) is 24.5. The van der Waals surface area contributed by atoms with E-state index in [0.29, 0.717) is 13.0 Å². The van der Waals surface area contributed by atoms with Crippen LogP contribution in [0, 0.1) is 12.3 Å². The van der Waals surface area contributed by atoms with E-state index in [0.717, 1.165) is 46.5 Å². The molecule has 0 spiro atoms. The Balaban J connectivity index is 1.22. The van der Waals surface area contributed by atoms with Gasteiger partial charge in [0.1, 0.15) is 17.7 Å². The largest absolute Gasteiger partial charge is 0.444 e. The second-order valence-electron chi connectivity index (χ2n) is 15.7. The van der Waals surface area contributed by atoms with Gasteiger partial charge < -0.3 is 30.7 Å². The summed E-state index contributed by atoms with van der Waals surface area (Å²) in [4.78, 5) is 59.1. The Labute approximate surface area is 311 Å². The average Bonchev–Trinajstić information content (AvgIpc) is 3.69. The first-order valence-corrected chi connectivity index (χ1v) is 19.0. The summed E-state index contributed by atoms with van der Waals surface area (Å²) >= 11 is 1.58. The van der Waals surface area contributed by atoms with E-state index in [9.17, 15) is 24.3 Å². The number of rotatable bonds is 14. The zero-order valence-electron chi connectivity index (χ0n) is 31.6. The minimum atomic E-state index is -0.855. The molecule has 282 valence electrons. The molecular weight excluding hydrogens is 679 g/mol. The molecule has 0 bridgehead atoms. The third-order valence-corrected chi connectivity index (χ3v) is 9.92. The molecule has 4 amide bonds.